The molecule has 0 rings (SSSR count). The number of quaternary nitrogens is 1. The Labute approximate surface area is 374 Å². The van der Waals surface area contributed by atoms with Crippen molar-refractivity contribution in [1.29, 1.82) is 0 Å². The van der Waals surface area contributed by atoms with E-state index in [0.29, 0.717) is 23.9 Å². The Morgan fingerprint density at radius 3 is 1.36 bits per heavy atom. The summed E-state index contributed by atoms with van der Waals surface area (Å²) in [5, 5.41) is 0. The van der Waals surface area contributed by atoms with Gasteiger partial charge < -0.3 is 27.9 Å². The number of ether oxygens (including phenoxy) is 2. The topological polar surface area (TPSA) is 111 Å². The zero-order valence-electron chi connectivity index (χ0n) is 39.6. The highest BCUT2D eigenvalue weighted by molar-refractivity contribution is 7.45. The number of allylic oxidation sites excluding steroid dienone is 12. The molecular formula is C51H90NO8P. The number of hydrogen-bond donors (Lipinski definition) is 0. The van der Waals surface area contributed by atoms with Crippen LogP contribution in [0, 0.1) is 0 Å². The first-order chi connectivity index (χ1) is 29.5. The molecule has 0 amide bonds. The molecule has 9 nitrogen and oxygen atoms in total. The third kappa shape index (κ3) is 46.8. The van der Waals surface area contributed by atoms with Crippen LogP contribution in [-0.4, -0.2) is 70.0 Å². The zero-order chi connectivity index (χ0) is 45.0. The van der Waals surface area contributed by atoms with Gasteiger partial charge in [0.25, 0.3) is 7.82 Å². The second kappa shape index (κ2) is 42.7. The molecular weight excluding hydrogens is 786 g/mol. The van der Waals surface area contributed by atoms with Crippen LogP contribution in [0.5, 0.6) is 0 Å². The summed E-state index contributed by atoms with van der Waals surface area (Å²) in [5.74, 6) is -0.931. The lowest BCUT2D eigenvalue weighted by molar-refractivity contribution is -0.870. The van der Waals surface area contributed by atoms with E-state index in [1.807, 2.05) is 33.3 Å². The highest BCUT2D eigenvalue weighted by Crippen LogP contribution is 2.38. The van der Waals surface area contributed by atoms with Crippen LogP contribution in [0.2, 0.25) is 0 Å². The molecule has 0 radical (unpaired) electrons. The molecule has 0 fully saturated rings. The highest BCUT2D eigenvalue weighted by atomic mass is 31.2. The zero-order valence-corrected chi connectivity index (χ0v) is 40.5. The summed E-state index contributed by atoms with van der Waals surface area (Å²) in [5.41, 5.74) is 0. The first kappa shape index (κ1) is 58.5. The Hall–Kier alpha value is -2.55. The minimum Gasteiger partial charge on any atom is -0.756 e. The van der Waals surface area contributed by atoms with Crippen LogP contribution in [0.15, 0.2) is 72.9 Å². The van der Waals surface area contributed by atoms with Gasteiger partial charge in [-0.05, 0) is 51.4 Å². The summed E-state index contributed by atoms with van der Waals surface area (Å²) in [7, 11) is 1.12. The maximum Gasteiger partial charge on any atom is 0.306 e. The number of phosphoric acid groups is 1. The molecule has 352 valence electrons. The number of phosphoric ester groups is 1. The van der Waals surface area contributed by atoms with Crippen molar-refractivity contribution in [3.63, 3.8) is 0 Å². The molecule has 1 unspecified atom stereocenters. The van der Waals surface area contributed by atoms with Crippen molar-refractivity contribution in [3.8, 4) is 0 Å². The second-order valence-corrected chi connectivity index (χ2v) is 18.5. The molecule has 10 heteroatoms. The highest BCUT2D eigenvalue weighted by Gasteiger charge is 2.21. The van der Waals surface area contributed by atoms with Gasteiger partial charge >= 0.3 is 11.9 Å². The quantitative estimate of drug-likeness (QED) is 0.0196. The summed E-state index contributed by atoms with van der Waals surface area (Å²) < 4.78 is 33.9. The molecule has 0 N–H and O–H groups in total. The van der Waals surface area contributed by atoms with E-state index in [1.54, 1.807) is 0 Å². The number of rotatable bonds is 43. The van der Waals surface area contributed by atoms with E-state index < -0.39 is 32.5 Å². The van der Waals surface area contributed by atoms with Gasteiger partial charge in [-0.25, -0.2) is 0 Å². The van der Waals surface area contributed by atoms with Crippen molar-refractivity contribution >= 4 is 19.8 Å². The fourth-order valence-corrected chi connectivity index (χ4v) is 7.00. The first-order valence-corrected chi connectivity index (χ1v) is 25.6. The van der Waals surface area contributed by atoms with Gasteiger partial charge in [-0.3, -0.25) is 14.2 Å². The summed E-state index contributed by atoms with van der Waals surface area (Å²) in [6, 6.07) is 0. The van der Waals surface area contributed by atoms with Gasteiger partial charge in [0.15, 0.2) is 6.10 Å². The van der Waals surface area contributed by atoms with Crippen molar-refractivity contribution in [2.75, 3.05) is 47.5 Å². The van der Waals surface area contributed by atoms with Gasteiger partial charge in [-0.2, -0.15) is 0 Å². The van der Waals surface area contributed by atoms with Gasteiger partial charge in [0.1, 0.15) is 19.8 Å². The molecule has 61 heavy (non-hydrogen) atoms. The summed E-state index contributed by atoms with van der Waals surface area (Å²) >= 11 is 0. The average molecular weight is 876 g/mol. The van der Waals surface area contributed by atoms with Crippen LogP contribution < -0.4 is 4.89 Å². The van der Waals surface area contributed by atoms with Crippen molar-refractivity contribution in [2.45, 2.75) is 193 Å². The van der Waals surface area contributed by atoms with Gasteiger partial charge in [0.05, 0.1) is 27.7 Å². The van der Waals surface area contributed by atoms with Crippen LogP contribution in [0.4, 0.5) is 0 Å². The molecule has 0 saturated carbocycles. The standard InChI is InChI=1S/C51H90NO8P/c1-6-8-10-12-14-16-18-20-22-24-26-28-29-31-33-35-37-39-41-43-50(53)57-47-49(48-59-61(55,56)58-46-45-52(3,4)5)60-51(54)44-42-40-38-36-34-32-30-27-25-23-21-19-17-15-13-11-9-7-2/h8,10,14,16,20,22,26,28,31,33,37,39,49H,6-7,9,11-13,15,17-19,21,23-25,27,29-30,32,34-36,38,40-48H2,1-5H3/b10-8-,16-14-,22-20-,28-26-,33-31-,39-37-/t49-/m1/s1. The maximum absolute atomic E-state index is 12.7. The lowest BCUT2D eigenvalue weighted by Crippen LogP contribution is -2.37. The normalized spacial score (nSPS) is 14.1. The number of nitrogens with zero attached hydrogens (tertiary/aromatic N) is 1. The lowest BCUT2D eigenvalue weighted by Gasteiger charge is -2.28. The van der Waals surface area contributed by atoms with E-state index in [9.17, 15) is 19.0 Å². The lowest BCUT2D eigenvalue weighted by atomic mass is 10.0. The molecule has 0 aromatic heterocycles. The molecule has 0 aliphatic heterocycles. The molecule has 0 aliphatic rings. The molecule has 0 heterocycles. The minimum absolute atomic E-state index is 0.0440. The number of likely N-dealkylation sites (N-methyl/N-ethyl adjacent to an activating group) is 1. The van der Waals surface area contributed by atoms with Crippen molar-refractivity contribution in [2.24, 2.45) is 0 Å². The SMILES string of the molecule is CC/C=C\C/C=C\C/C=C\C/C=C\C/C=C\C/C=C\CCC(=O)OC[C@H](COP(=O)([O-])OCC[N+](C)(C)C)OC(=O)CCCCCCCCCCCCCCCCCCCC. The summed E-state index contributed by atoms with van der Waals surface area (Å²) in [6.45, 7) is 4.04. The maximum atomic E-state index is 12.7. The number of carbonyl (C=O) groups is 2. The fourth-order valence-electron chi connectivity index (χ4n) is 6.27. The Morgan fingerprint density at radius 2 is 0.934 bits per heavy atom. The monoisotopic (exact) mass is 876 g/mol. The second-order valence-electron chi connectivity index (χ2n) is 17.1. The molecule has 0 saturated heterocycles. The number of carbonyl (C=O) groups excluding carboxylic acids is 2. The molecule has 0 aromatic rings. The van der Waals surface area contributed by atoms with E-state index in [1.165, 1.54) is 89.9 Å². The first-order valence-electron chi connectivity index (χ1n) is 24.1. The predicted molar refractivity (Wildman–Crippen MR) is 254 cm³/mol. The van der Waals surface area contributed by atoms with E-state index in [0.717, 1.165) is 57.8 Å². The van der Waals surface area contributed by atoms with E-state index in [2.05, 4.69) is 74.6 Å². The van der Waals surface area contributed by atoms with E-state index >= 15 is 0 Å². The number of unbranched alkanes of at least 4 members (excludes halogenated alkanes) is 17. The molecule has 0 aromatic carbocycles. The Morgan fingerprint density at radius 1 is 0.525 bits per heavy atom. The van der Waals surface area contributed by atoms with Crippen LogP contribution in [-0.2, 0) is 32.7 Å². The third-order valence-corrected chi connectivity index (χ3v) is 11.0. The summed E-state index contributed by atoms with van der Waals surface area (Å²) in [4.78, 5) is 37.6. The minimum atomic E-state index is -4.65. The fraction of sp³-hybridized carbons (Fsp3) is 0.725. The Balaban J connectivity index is 4.41. The number of hydrogen-bond acceptors (Lipinski definition) is 8. The van der Waals surface area contributed by atoms with Gasteiger partial charge in [-0.1, -0.05) is 196 Å². The summed E-state index contributed by atoms with van der Waals surface area (Å²) in [6.07, 6.45) is 53.7. The van der Waals surface area contributed by atoms with Crippen LogP contribution in [0.1, 0.15) is 187 Å². The van der Waals surface area contributed by atoms with Gasteiger partial charge in [-0.15, -0.1) is 0 Å². The molecule has 0 spiro atoms. The van der Waals surface area contributed by atoms with Gasteiger partial charge in [0.2, 0.25) is 0 Å². The third-order valence-electron chi connectivity index (χ3n) is 10.0. The van der Waals surface area contributed by atoms with Crippen molar-refractivity contribution in [3.05, 3.63) is 72.9 Å². The largest absolute Gasteiger partial charge is 0.756 e. The Bertz CT molecular complexity index is 1270. The van der Waals surface area contributed by atoms with Crippen molar-refractivity contribution in [1.82, 2.24) is 0 Å². The van der Waals surface area contributed by atoms with Gasteiger partial charge in [0, 0.05) is 12.8 Å². The van der Waals surface area contributed by atoms with Crippen LogP contribution in [0.3, 0.4) is 0 Å². The molecule has 0 bridgehead atoms. The number of esters is 2. The van der Waals surface area contributed by atoms with Crippen molar-refractivity contribution < 1.29 is 42.1 Å². The smallest absolute Gasteiger partial charge is 0.306 e. The van der Waals surface area contributed by atoms with E-state index in [4.69, 9.17) is 18.5 Å². The van der Waals surface area contributed by atoms with Crippen LogP contribution in [0.25, 0.3) is 0 Å². The Kier molecular flexibility index (Phi) is 40.9. The average Bonchev–Trinajstić information content (AvgIpc) is 3.21. The molecule has 0 aliphatic carbocycles. The van der Waals surface area contributed by atoms with Crippen LogP contribution >= 0.6 is 7.82 Å². The predicted octanol–water partition coefficient (Wildman–Crippen LogP) is 13.6. The molecule has 2 atom stereocenters. The van der Waals surface area contributed by atoms with E-state index in [-0.39, 0.29) is 26.1 Å².